The molecule has 0 radical (unpaired) electrons. The Labute approximate surface area is 191 Å². The summed E-state index contributed by atoms with van der Waals surface area (Å²) < 4.78 is 6.92. The highest BCUT2D eigenvalue weighted by Crippen LogP contribution is 2.48. The number of rotatable bonds is 8. The Morgan fingerprint density at radius 3 is 2.45 bits per heavy atom. The molecule has 2 N–H and O–H groups in total. The van der Waals surface area contributed by atoms with E-state index in [9.17, 15) is 14.7 Å². The maximum atomic E-state index is 12.2. The van der Waals surface area contributed by atoms with Crippen LogP contribution in [0.3, 0.4) is 0 Å². The molecule has 0 bridgehead atoms. The fourth-order valence-corrected chi connectivity index (χ4v) is 4.07. The van der Waals surface area contributed by atoms with E-state index >= 15 is 0 Å². The maximum absolute atomic E-state index is 12.2. The van der Waals surface area contributed by atoms with E-state index in [2.05, 4.69) is 15.4 Å². The topological polar surface area (TPSA) is 106 Å². The summed E-state index contributed by atoms with van der Waals surface area (Å²) in [5.74, 6) is 0.500. The first-order chi connectivity index (χ1) is 16.0. The van der Waals surface area contributed by atoms with E-state index in [1.54, 1.807) is 24.1 Å². The van der Waals surface area contributed by atoms with Crippen molar-refractivity contribution in [2.24, 2.45) is 13.0 Å². The molecule has 5 rings (SSSR count). The van der Waals surface area contributed by atoms with E-state index in [0.29, 0.717) is 31.2 Å². The number of aliphatic carboxylic acids is 1. The summed E-state index contributed by atoms with van der Waals surface area (Å²) in [6.45, 7) is 0.428. The molecule has 170 valence electrons. The largest absolute Gasteiger partial charge is 0.481 e. The van der Waals surface area contributed by atoms with Gasteiger partial charge in [0.1, 0.15) is 5.82 Å². The third kappa shape index (κ3) is 4.33. The maximum Gasteiger partial charge on any atom is 0.412 e. The first kappa shape index (κ1) is 21.2. The van der Waals surface area contributed by atoms with E-state index in [1.807, 2.05) is 36.4 Å². The zero-order chi connectivity index (χ0) is 23.0. The van der Waals surface area contributed by atoms with Crippen molar-refractivity contribution in [1.82, 2.24) is 14.8 Å². The highest BCUT2D eigenvalue weighted by atomic mass is 16.5. The number of aromatic nitrogens is 3. The molecule has 2 heterocycles. The number of aryl methyl sites for hydroxylation is 1. The second-order valence-electron chi connectivity index (χ2n) is 8.92. The lowest BCUT2D eigenvalue weighted by molar-refractivity contribution is -0.140. The highest BCUT2D eigenvalue weighted by Gasteiger charge is 2.51. The number of pyridine rings is 1. The van der Waals surface area contributed by atoms with Crippen molar-refractivity contribution in [3.05, 3.63) is 54.4 Å². The third-order valence-corrected chi connectivity index (χ3v) is 6.58. The van der Waals surface area contributed by atoms with Gasteiger partial charge in [0.2, 0.25) is 0 Å². The summed E-state index contributed by atoms with van der Waals surface area (Å²) in [5, 5.41) is 16.6. The number of nitrogens with one attached hydrogen (secondary N) is 1. The van der Waals surface area contributed by atoms with E-state index in [-0.39, 0.29) is 0 Å². The number of benzene rings is 1. The van der Waals surface area contributed by atoms with Crippen LogP contribution in [-0.4, -0.2) is 38.5 Å². The second kappa shape index (κ2) is 8.35. The zero-order valence-corrected chi connectivity index (χ0v) is 18.5. The van der Waals surface area contributed by atoms with Crippen LogP contribution in [0.5, 0.6) is 0 Å². The van der Waals surface area contributed by atoms with Crippen molar-refractivity contribution in [3.8, 4) is 22.4 Å². The number of carbonyl (C=O) groups is 2. The van der Waals surface area contributed by atoms with Gasteiger partial charge in [-0.05, 0) is 42.4 Å². The van der Waals surface area contributed by atoms with Crippen LogP contribution in [0.15, 0.2) is 48.8 Å². The minimum Gasteiger partial charge on any atom is -0.481 e. The SMILES string of the molecule is Cn1ncc(-c2ccc(-c3ccc(C4(C(=O)O)CC4)cn3)cc2)c1NC(=O)OCCC1CC1. The van der Waals surface area contributed by atoms with Gasteiger partial charge in [0.25, 0.3) is 0 Å². The Balaban J connectivity index is 1.29. The molecular weight excluding hydrogens is 420 g/mol. The summed E-state index contributed by atoms with van der Waals surface area (Å²) in [5.41, 5.74) is 3.39. The van der Waals surface area contributed by atoms with Gasteiger partial charge in [-0.3, -0.25) is 19.8 Å². The standard InChI is InChI=1S/C25H26N4O4/c1-29-22(28-24(32)33-13-10-16-2-3-16)20(15-27-29)17-4-6-18(7-5-17)21-9-8-19(14-26-21)25(11-12-25)23(30)31/h4-9,14-16H,2-3,10-13H2,1H3,(H,28,32)(H,30,31). The van der Waals surface area contributed by atoms with Crippen molar-refractivity contribution in [2.45, 2.75) is 37.5 Å². The van der Waals surface area contributed by atoms with Gasteiger partial charge in [0.05, 0.1) is 23.9 Å². The number of nitrogens with zero attached hydrogens (tertiary/aromatic N) is 3. The number of hydrogen-bond donors (Lipinski definition) is 2. The van der Waals surface area contributed by atoms with Crippen LogP contribution in [0.25, 0.3) is 22.4 Å². The predicted octanol–water partition coefficient (Wildman–Crippen LogP) is 4.61. The lowest BCUT2D eigenvalue weighted by Crippen LogP contribution is -2.19. The fourth-order valence-electron chi connectivity index (χ4n) is 4.07. The number of carboxylic acid groups (broad SMARTS) is 1. The molecule has 2 saturated carbocycles. The molecule has 8 heteroatoms. The molecule has 2 aliphatic carbocycles. The summed E-state index contributed by atoms with van der Waals surface area (Å²) in [6, 6.07) is 11.5. The van der Waals surface area contributed by atoms with Gasteiger partial charge < -0.3 is 9.84 Å². The number of ether oxygens (including phenoxy) is 1. The van der Waals surface area contributed by atoms with Crippen LogP contribution in [0.1, 0.15) is 37.7 Å². The van der Waals surface area contributed by atoms with E-state index in [4.69, 9.17) is 4.74 Å². The zero-order valence-electron chi connectivity index (χ0n) is 18.5. The van der Waals surface area contributed by atoms with E-state index in [0.717, 1.165) is 34.4 Å². The normalized spacial score (nSPS) is 16.3. The molecular formula is C25H26N4O4. The Hall–Kier alpha value is -3.68. The second-order valence-corrected chi connectivity index (χ2v) is 8.92. The van der Waals surface area contributed by atoms with Gasteiger partial charge in [-0.15, -0.1) is 0 Å². The lowest BCUT2D eigenvalue weighted by Gasteiger charge is -2.11. The van der Waals surface area contributed by atoms with Gasteiger partial charge in [-0.2, -0.15) is 5.10 Å². The first-order valence-corrected chi connectivity index (χ1v) is 11.2. The van der Waals surface area contributed by atoms with Gasteiger partial charge >= 0.3 is 12.1 Å². The van der Waals surface area contributed by atoms with Crippen molar-refractivity contribution in [3.63, 3.8) is 0 Å². The molecule has 2 aliphatic rings. The number of carbonyl (C=O) groups excluding carboxylic acids is 1. The fraction of sp³-hybridized carbons (Fsp3) is 0.360. The monoisotopic (exact) mass is 446 g/mol. The number of hydrogen-bond acceptors (Lipinski definition) is 5. The molecule has 1 aromatic carbocycles. The molecule has 8 nitrogen and oxygen atoms in total. The quantitative estimate of drug-likeness (QED) is 0.523. The minimum absolute atomic E-state index is 0.428. The molecule has 2 aromatic heterocycles. The molecule has 0 atom stereocenters. The minimum atomic E-state index is -0.783. The molecule has 0 unspecified atom stereocenters. The number of carboxylic acids is 1. The van der Waals surface area contributed by atoms with Crippen LogP contribution < -0.4 is 5.32 Å². The number of amides is 1. The van der Waals surface area contributed by atoms with E-state index < -0.39 is 17.5 Å². The average Bonchev–Trinajstić information content (AvgIpc) is 3.74. The van der Waals surface area contributed by atoms with Crippen molar-refractivity contribution < 1.29 is 19.4 Å². The summed E-state index contributed by atoms with van der Waals surface area (Å²) in [6.07, 6.45) is 7.60. The molecule has 3 aromatic rings. The molecule has 0 saturated heterocycles. The summed E-state index contributed by atoms with van der Waals surface area (Å²) in [4.78, 5) is 28.2. The Bertz CT molecular complexity index is 1180. The smallest absolute Gasteiger partial charge is 0.412 e. The predicted molar refractivity (Wildman–Crippen MR) is 123 cm³/mol. The molecule has 0 spiro atoms. The van der Waals surface area contributed by atoms with Crippen LogP contribution in [0.4, 0.5) is 10.6 Å². The van der Waals surface area contributed by atoms with Gasteiger partial charge in [0.15, 0.2) is 0 Å². The van der Waals surface area contributed by atoms with Crippen molar-refractivity contribution in [1.29, 1.82) is 0 Å². The van der Waals surface area contributed by atoms with Crippen molar-refractivity contribution >= 4 is 17.9 Å². The molecule has 2 fully saturated rings. The van der Waals surface area contributed by atoms with Crippen LogP contribution in [0, 0.1) is 5.92 Å². The molecule has 0 aliphatic heterocycles. The first-order valence-electron chi connectivity index (χ1n) is 11.2. The average molecular weight is 447 g/mol. The lowest BCUT2D eigenvalue weighted by atomic mass is 9.97. The van der Waals surface area contributed by atoms with Crippen LogP contribution >= 0.6 is 0 Å². The molecule has 33 heavy (non-hydrogen) atoms. The number of anilines is 1. The third-order valence-electron chi connectivity index (χ3n) is 6.58. The molecule has 1 amide bonds. The van der Waals surface area contributed by atoms with Crippen LogP contribution in [-0.2, 0) is 22.0 Å². The van der Waals surface area contributed by atoms with Crippen molar-refractivity contribution in [2.75, 3.05) is 11.9 Å². The Morgan fingerprint density at radius 1 is 1.12 bits per heavy atom. The van der Waals surface area contributed by atoms with Gasteiger partial charge in [-0.25, -0.2) is 4.79 Å². The van der Waals surface area contributed by atoms with Gasteiger partial charge in [-0.1, -0.05) is 43.2 Å². The highest BCUT2D eigenvalue weighted by molar-refractivity contribution is 5.90. The summed E-state index contributed by atoms with van der Waals surface area (Å²) in [7, 11) is 1.77. The summed E-state index contributed by atoms with van der Waals surface area (Å²) >= 11 is 0. The van der Waals surface area contributed by atoms with Gasteiger partial charge in [0, 0.05) is 24.4 Å². The van der Waals surface area contributed by atoms with Crippen LogP contribution in [0.2, 0.25) is 0 Å². The Kier molecular flexibility index (Phi) is 5.36. The van der Waals surface area contributed by atoms with E-state index in [1.165, 1.54) is 12.8 Å². The Morgan fingerprint density at radius 2 is 1.85 bits per heavy atom.